The molecule has 0 aliphatic carbocycles. The van der Waals surface area contributed by atoms with Gasteiger partial charge in [0.05, 0.1) is 19.8 Å². The Morgan fingerprint density at radius 3 is 2.23 bits per heavy atom. The van der Waals surface area contributed by atoms with Crippen molar-refractivity contribution in [3.05, 3.63) is 12.4 Å². The third kappa shape index (κ3) is 7.62. The molecule has 1 aliphatic heterocycles. The molecular formula is C15H19F6NO8S. The quantitative estimate of drug-likeness (QED) is 0.162. The van der Waals surface area contributed by atoms with Gasteiger partial charge in [0.1, 0.15) is 6.61 Å². The van der Waals surface area contributed by atoms with Crippen molar-refractivity contribution in [3.63, 3.8) is 0 Å². The van der Waals surface area contributed by atoms with Crippen LogP contribution in [0.2, 0.25) is 0 Å². The summed E-state index contributed by atoms with van der Waals surface area (Å²) in [4.78, 5) is 22.2. The van der Waals surface area contributed by atoms with Gasteiger partial charge in [0.2, 0.25) is 5.83 Å². The second-order valence-electron chi connectivity index (χ2n) is 6.28. The fourth-order valence-electron chi connectivity index (χ4n) is 2.15. The Balaban J connectivity index is 2.84. The van der Waals surface area contributed by atoms with Gasteiger partial charge in [0.25, 0.3) is 0 Å². The number of halogens is 6. The number of ether oxygens (including phenoxy) is 3. The summed E-state index contributed by atoms with van der Waals surface area (Å²) in [6, 6.07) is 0. The molecule has 0 aromatic carbocycles. The van der Waals surface area contributed by atoms with E-state index in [1.165, 1.54) is 5.32 Å². The Morgan fingerprint density at radius 2 is 1.74 bits per heavy atom. The van der Waals surface area contributed by atoms with Crippen molar-refractivity contribution >= 4 is 22.0 Å². The molecule has 1 rings (SSSR count). The van der Waals surface area contributed by atoms with Gasteiger partial charge < -0.3 is 19.5 Å². The van der Waals surface area contributed by atoms with Gasteiger partial charge in [-0.3, -0.25) is 8.98 Å². The Morgan fingerprint density at radius 1 is 1.19 bits per heavy atom. The van der Waals surface area contributed by atoms with Gasteiger partial charge in [-0.05, 0) is 13.3 Å². The molecule has 1 aliphatic rings. The number of hydrogen-bond donors (Lipinski definition) is 1. The Labute approximate surface area is 172 Å². The van der Waals surface area contributed by atoms with Gasteiger partial charge in [-0.1, -0.05) is 6.58 Å². The molecule has 1 saturated heterocycles. The zero-order chi connectivity index (χ0) is 24.1. The van der Waals surface area contributed by atoms with E-state index in [-0.39, 0.29) is 13.2 Å². The zero-order valence-electron chi connectivity index (χ0n) is 16.0. The predicted molar refractivity (Wildman–Crippen MR) is 88.6 cm³/mol. The maximum Gasteiger partial charge on any atom is 0.446 e. The summed E-state index contributed by atoms with van der Waals surface area (Å²) < 4.78 is 121. The van der Waals surface area contributed by atoms with Crippen LogP contribution < -0.4 is 5.32 Å². The van der Waals surface area contributed by atoms with Crippen LogP contribution in [0, 0.1) is 0 Å². The minimum absolute atomic E-state index is 0.0211. The number of rotatable bonds is 10. The van der Waals surface area contributed by atoms with E-state index in [1.807, 2.05) is 0 Å². The average molecular weight is 487 g/mol. The van der Waals surface area contributed by atoms with Crippen molar-refractivity contribution in [1.29, 1.82) is 0 Å². The van der Waals surface area contributed by atoms with Crippen molar-refractivity contribution in [2.75, 3.05) is 26.4 Å². The molecule has 31 heavy (non-hydrogen) atoms. The van der Waals surface area contributed by atoms with Crippen molar-refractivity contribution in [2.24, 2.45) is 0 Å². The Hall–Kier alpha value is -1.91. The average Bonchev–Trinajstić information content (AvgIpc) is 2.63. The molecule has 1 atom stereocenters. The first-order chi connectivity index (χ1) is 14.0. The van der Waals surface area contributed by atoms with Gasteiger partial charge in [0.15, 0.2) is 11.9 Å². The third-order valence-electron chi connectivity index (χ3n) is 3.69. The molecule has 0 radical (unpaired) electrons. The van der Waals surface area contributed by atoms with Crippen LogP contribution in [0.5, 0.6) is 0 Å². The third-order valence-corrected chi connectivity index (χ3v) is 4.99. The first-order valence-electron chi connectivity index (χ1n) is 8.47. The van der Waals surface area contributed by atoms with E-state index in [0.29, 0.717) is 6.42 Å². The Kier molecular flexibility index (Phi) is 8.87. The zero-order valence-corrected chi connectivity index (χ0v) is 16.8. The molecule has 16 heteroatoms. The summed E-state index contributed by atoms with van der Waals surface area (Å²) in [6.07, 6.45) is -9.71. The van der Waals surface area contributed by atoms with E-state index in [0.717, 1.165) is 6.92 Å². The van der Waals surface area contributed by atoms with Crippen LogP contribution in [0.15, 0.2) is 12.4 Å². The van der Waals surface area contributed by atoms with Crippen molar-refractivity contribution in [3.8, 4) is 0 Å². The van der Waals surface area contributed by atoms with E-state index in [9.17, 15) is 44.3 Å². The van der Waals surface area contributed by atoms with Crippen LogP contribution >= 0.6 is 0 Å². The molecule has 0 saturated carbocycles. The minimum Gasteiger partial charge on any atom is -0.459 e. The van der Waals surface area contributed by atoms with Crippen molar-refractivity contribution in [2.45, 2.75) is 43.1 Å². The van der Waals surface area contributed by atoms with E-state index < -0.39 is 70.7 Å². The first-order valence-corrected chi connectivity index (χ1v) is 9.88. The van der Waals surface area contributed by atoms with E-state index in [4.69, 9.17) is 9.47 Å². The number of hydrogen-bond acceptors (Lipinski definition) is 8. The summed E-state index contributed by atoms with van der Waals surface area (Å²) in [6.45, 7) is 1.81. The van der Waals surface area contributed by atoms with Gasteiger partial charge in [-0.25, -0.2) is 4.79 Å². The first kappa shape index (κ1) is 27.1. The van der Waals surface area contributed by atoms with E-state index in [1.54, 1.807) is 0 Å². The molecule has 0 aromatic rings. The summed E-state index contributed by atoms with van der Waals surface area (Å²) in [5, 5.41) is -4.13. The lowest BCUT2D eigenvalue weighted by Gasteiger charge is -2.36. The highest BCUT2D eigenvalue weighted by Gasteiger charge is 2.58. The molecule has 9 nitrogen and oxygen atoms in total. The van der Waals surface area contributed by atoms with E-state index >= 15 is 0 Å². The summed E-state index contributed by atoms with van der Waals surface area (Å²) >= 11 is 0. The highest BCUT2D eigenvalue weighted by molar-refractivity contribution is 7.88. The number of nitrogens with one attached hydrogen (secondary N) is 1. The van der Waals surface area contributed by atoms with Crippen LogP contribution in [0.1, 0.15) is 19.8 Å². The van der Waals surface area contributed by atoms with Crippen molar-refractivity contribution in [1.82, 2.24) is 5.32 Å². The lowest BCUT2D eigenvalue weighted by atomic mass is 10.1. The van der Waals surface area contributed by atoms with Gasteiger partial charge in [0, 0.05) is 6.42 Å². The number of carbonyl (C=O) groups is 2. The second kappa shape index (κ2) is 10.1. The molecule has 1 heterocycles. The van der Waals surface area contributed by atoms with Crippen LogP contribution in [0.4, 0.5) is 26.3 Å². The summed E-state index contributed by atoms with van der Waals surface area (Å²) in [7, 11) is -6.44. The van der Waals surface area contributed by atoms with Crippen LogP contribution in [-0.4, -0.2) is 70.0 Å². The minimum atomic E-state index is -6.44. The molecule has 180 valence electrons. The normalized spacial score (nSPS) is 18.2. The maximum atomic E-state index is 14.0. The van der Waals surface area contributed by atoms with Crippen LogP contribution in [0.3, 0.4) is 0 Å². The molecule has 0 bridgehead atoms. The smallest absolute Gasteiger partial charge is 0.446 e. The summed E-state index contributed by atoms with van der Waals surface area (Å²) in [5.41, 5.74) is 0. The topological polar surface area (TPSA) is 117 Å². The largest absolute Gasteiger partial charge is 0.459 e. The van der Waals surface area contributed by atoms with Gasteiger partial charge in [-0.2, -0.15) is 34.8 Å². The molecule has 1 fully saturated rings. The molecule has 1 N–H and O–H groups in total. The maximum absolute atomic E-state index is 14.0. The molecule has 0 spiro atoms. The number of amides is 1. The highest BCUT2D eigenvalue weighted by Crippen LogP contribution is 2.36. The van der Waals surface area contributed by atoms with Crippen molar-refractivity contribution < 1.29 is 62.7 Å². The SMILES string of the molecule is C=C(F)C(=O)OCCNC(=O)C(F)(F)S(=O)(=O)OC(CC1(C)OCCCO1)C(F)(F)F. The second-order valence-corrected chi connectivity index (χ2v) is 7.90. The van der Waals surface area contributed by atoms with Gasteiger partial charge >= 0.3 is 33.4 Å². The standard InChI is InChI=1S/C15H19F6NO8S/c1-9(16)11(23)27-7-4-22-12(24)15(20,21)31(25,26)30-10(14(17,18)19)8-13(2)28-5-3-6-29-13/h10H,1,3-8H2,2H3,(H,22,24). The number of esters is 1. The fourth-order valence-corrected chi connectivity index (χ4v) is 3.06. The fraction of sp³-hybridized carbons (Fsp3) is 0.733. The van der Waals surface area contributed by atoms with Crippen LogP contribution in [-0.2, 0) is 38.1 Å². The monoisotopic (exact) mass is 487 g/mol. The molecule has 1 amide bonds. The predicted octanol–water partition coefficient (Wildman–Crippen LogP) is 1.54. The highest BCUT2D eigenvalue weighted by atomic mass is 32.2. The Bertz CT molecular complexity index is 779. The van der Waals surface area contributed by atoms with E-state index in [2.05, 4.69) is 15.5 Å². The van der Waals surface area contributed by atoms with Gasteiger partial charge in [-0.15, -0.1) is 0 Å². The lowest BCUT2D eigenvalue weighted by Crippen LogP contribution is -2.51. The lowest BCUT2D eigenvalue weighted by molar-refractivity contribution is -0.288. The summed E-state index contributed by atoms with van der Waals surface area (Å²) in [5.74, 6) is -7.61. The molecular weight excluding hydrogens is 468 g/mol. The molecule has 1 unspecified atom stereocenters. The molecule has 0 aromatic heterocycles. The number of alkyl halides is 5. The van der Waals surface area contributed by atoms with Crippen LogP contribution in [0.25, 0.3) is 0 Å². The number of carbonyl (C=O) groups excluding carboxylic acids is 2.